The van der Waals surface area contributed by atoms with Crippen LogP contribution in [0.3, 0.4) is 0 Å². The molecule has 1 aliphatic rings. The molecule has 9 heteroatoms. The zero-order valence-corrected chi connectivity index (χ0v) is 19.1. The molecule has 0 aliphatic carbocycles. The van der Waals surface area contributed by atoms with Crippen LogP contribution in [0.2, 0.25) is 0 Å². The van der Waals surface area contributed by atoms with Crippen molar-refractivity contribution < 1.29 is 39.3 Å². The molecule has 0 unspecified atom stereocenters. The number of H-pyrrole nitrogens is 1. The van der Waals surface area contributed by atoms with Crippen LogP contribution in [0.25, 0.3) is 22.0 Å². The minimum Gasteiger partial charge on any atom is -0.394 e. The molecule has 1 fully saturated rings. The molecule has 1 saturated heterocycles. The van der Waals surface area contributed by atoms with Crippen molar-refractivity contribution in [1.82, 2.24) is 4.98 Å². The Kier molecular flexibility index (Phi) is 7.01. The number of ether oxygens (including phenoxy) is 1. The standard InChI is InChI=1S/C27H26FNO7/c28-19-12-15(9-10-18(19)16-5-2-1-3-6-16)11-17-13-29-20-7-4-8-21(23(17)20)35-36-26-25(32)24(31)22(14-30)34-27(26)33/h1-10,12-13,22,24-27,29-33H,11,14H2/t22-,24-,25+,26-,27-/m1/s1. The quantitative estimate of drug-likeness (QED) is 0.197. The summed E-state index contributed by atoms with van der Waals surface area (Å²) in [5.74, 6) is -0.0262. The zero-order valence-electron chi connectivity index (χ0n) is 19.1. The molecule has 188 valence electrons. The Bertz CT molecular complexity index is 1330. The van der Waals surface area contributed by atoms with E-state index in [1.54, 1.807) is 24.4 Å². The summed E-state index contributed by atoms with van der Waals surface area (Å²) in [6.07, 6.45) is -5.02. The first-order valence-electron chi connectivity index (χ1n) is 11.5. The van der Waals surface area contributed by atoms with E-state index in [2.05, 4.69) is 4.98 Å². The van der Waals surface area contributed by atoms with Gasteiger partial charge in [0.1, 0.15) is 24.1 Å². The number of aromatic nitrogens is 1. The minimum atomic E-state index is -1.63. The van der Waals surface area contributed by atoms with Gasteiger partial charge in [-0.3, -0.25) is 0 Å². The van der Waals surface area contributed by atoms with E-state index in [0.29, 0.717) is 23.1 Å². The predicted octanol–water partition coefficient (Wildman–Crippen LogP) is 2.68. The van der Waals surface area contributed by atoms with Crippen molar-refractivity contribution in [3.8, 4) is 16.9 Å². The molecule has 0 saturated carbocycles. The summed E-state index contributed by atoms with van der Waals surface area (Å²) in [5.41, 5.74) is 3.64. The highest BCUT2D eigenvalue weighted by Crippen LogP contribution is 2.33. The van der Waals surface area contributed by atoms with Gasteiger partial charge < -0.3 is 35.0 Å². The molecular formula is C27H26FNO7. The minimum absolute atomic E-state index is 0.295. The lowest BCUT2D eigenvalue weighted by molar-refractivity contribution is -0.364. The Morgan fingerprint density at radius 3 is 2.50 bits per heavy atom. The Hall–Kier alpha value is -3.31. The van der Waals surface area contributed by atoms with E-state index in [-0.39, 0.29) is 5.82 Å². The van der Waals surface area contributed by atoms with Crippen molar-refractivity contribution in [3.05, 3.63) is 89.9 Å². The number of aliphatic hydroxyl groups excluding tert-OH is 4. The second kappa shape index (κ2) is 10.4. The molecule has 3 aromatic carbocycles. The second-order valence-corrected chi connectivity index (χ2v) is 8.72. The first kappa shape index (κ1) is 24.4. The average molecular weight is 496 g/mol. The fourth-order valence-electron chi connectivity index (χ4n) is 4.45. The Morgan fingerprint density at radius 1 is 0.944 bits per heavy atom. The lowest BCUT2D eigenvalue weighted by atomic mass is 9.99. The number of hydrogen-bond acceptors (Lipinski definition) is 7. The smallest absolute Gasteiger partial charge is 0.188 e. The van der Waals surface area contributed by atoms with Gasteiger partial charge in [-0.05, 0) is 41.3 Å². The maximum absolute atomic E-state index is 14.9. The molecule has 1 aromatic heterocycles. The maximum atomic E-state index is 14.9. The highest BCUT2D eigenvalue weighted by atomic mass is 19.1. The van der Waals surface area contributed by atoms with Crippen LogP contribution in [-0.4, -0.2) is 62.7 Å². The van der Waals surface area contributed by atoms with E-state index in [4.69, 9.17) is 14.5 Å². The molecule has 4 aromatic rings. The topological polar surface area (TPSA) is 124 Å². The van der Waals surface area contributed by atoms with Gasteiger partial charge in [-0.25, -0.2) is 4.39 Å². The number of benzene rings is 3. The Morgan fingerprint density at radius 2 is 1.75 bits per heavy atom. The molecule has 0 spiro atoms. The third kappa shape index (κ3) is 4.72. The summed E-state index contributed by atoms with van der Waals surface area (Å²) in [5, 5.41) is 40.4. The van der Waals surface area contributed by atoms with Gasteiger partial charge in [0.05, 0.1) is 6.61 Å². The summed E-state index contributed by atoms with van der Waals surface area (Å²) < 4.78 is 20.0. The van der Waals surface area contributed by atoms with E-state index in [1.165, 1.54) is 6.07 Å². The van der Waals surface area contributed by atoms with Crippen LogP contribution in [-0.2, 0) is 16.0 Å². The van der Waals surface area contributed by atoms with Gasteiger partial charge in [0.25, 0.3) is 0 Å². The maximum Gasteiger partial charge on any atom is 0.188 e. The van der Waals surface area contributed by atoms with Crippen molar-refractivity contribution in [2.45, 2.75) is 37.1 Å². The number of aliphatic hydroxyl groups is 4. The molecule has 2 heterocycles. The summed E-state index contributed by atoms with van der Waals surface area (Å²) in [6, 6.07) is 19.7. The predicted molar refractivity (Wildman–Crippen MR) is 128 cm³/mol. The van der Waals surface area contributed by atoms with Gasteiger partial charge in [-0.15, -0.1) is 0 Å². The largest absolute Gasteiger partial charge is 0.394 e. The fourth-order valence-corrected chi connectivity index (χ4v) is 4.45. The van der Waals surface area contributed by atoms with Crippen molar-refractivity contribution in [1.29, 1.82) is 0 Å². The lowest BCUT2D eigenvalue weighted by Crippen LogP contribution is -2.59. The van der Waals surface area contributed by atoms with Gasteiger partial charge in [0.15, 0.2) is 18.1 Å². The molecular weight excluding hydrogens is 469 g/mol. The molecule has 5 rings (SSSR count). The van der Waals surface area contributed by atoms with Crippen LogP contribution in [0.5, 0.6) is 5.75 Å². The Balaban J connectivity index is 1.36. The van der Waals surface area contributed by atoms with Crippen LogP contribution >= 0.6 is 0 Å². The number of nitrogens with one attached hydrogen (secondary N) is 1. The first-order valence-corrected chi connectivity index (χ1v) is 11.5. The van der Waals surface area contributed by atoms with Crippen molar-refractivity contribution in [2.24, 2.45) is 0 Å². The highest BCUT2D eigenvalue weighted by Gasteiger charge is 2.45. The van der Waals surface area contributed by atoms with Crippen LogP contribution in [0.1, 0.15) is 11.1 Å². The molecule has 8 nitrogen and oxygen atoms in total. The lowest BCUT2D eigenvalue weighted by Gasteiger charge is -2.38. The number of fused-ring (bicyclic) bond motifs is 1. The van der Waals surface area contributed by atoms with Gasteiger partial charge in [-0.1, -0.05) is 48.5 Å². The molecule has 0 radical (unpaired) electrons. The van der Waals surface area contributed by atoms with Gasteiger partial charge in [0.2, 0.25) is 0 Å². The summed E-state index contributed by atoms with van der Waals surface area (Å²) >= 11 is 0. The van der Waals surface area contributed by atoms with Crippen LogP contribution < -0.4 is 4.89 Å². The van der Waals surface area contributed by atoms with E-state index in [0.717, 1.165) is 22.2 Å². The van der Waals surface area contributed by atoms with E-state index >= 15 is 0 Å². The zero-order chi connectivity index (χ0) is 25.2. The molecule has 36 heavy (non-hydrogen) atoms. The van der Waals surface area contributed by atoms with Crippen molar-refractivity contribution >= 4 is 10.9 Å². The summed E-state index contributed by atoms with van der Waals surface area (Å²) in [7, 11) is 0. The molecule has 1 aliphatic heterocycles. The van der Waals surface area contributed by atoms with E-state index in [1.807, 2.05) is 42.5 Å². The SMILES string of the molecule is OC[C@H]1O[C@@H](O)[C@H](OOc2cccc3[nH]cc(Cc4ccc(-c5ccccc5)c(F)c4)c23)[C@@H](O)[C@@H]1O. The third-order valence-electron chi connectivity index (χ3n) is 6.35. The molecule has 5 atom stereocenters. The summed E-state index contributed by atoms with van der Waals surface area (Å²) in [6.45, 7) is -0.582. The first-order chi connectivity index (χ1) is 17.5. The van der Waals surface area contributed by atoms with E-state index < -0.39 is 37.3 Å². The third-order valence-corrected chi connectivity index (χ3v) is 6.35. The second-order valence-electron chi connectivity index (χ2n) is 8.72. The monoisotopic (exact) mass is 495 g/mol. The van der Waals surface area contributed by atoms with Crippen LogP contribution in [0.4, 0.5) is 4.39 Å². The average Bonchev–Trinajstić information content (AvgIpc) is 3.30. The van der Waals surface area contributed by atoms with Crippen LogP contribution in [0.15, 0.2) is 72.9 Å². The van der Waals surface area contributed by atoms with Crippen molar-refractivity contribution in [2.75, 3.05) is 6.61 Å². The molecule has 0 amide bonds. The van der Waals surface area contributed by atoms with Gasteiger partial charge in [-0.2, -0.15) is 4.89 Å². The van der Waals surface area contributed by atoms with Gasteiger partial charge in [0, 0.05) is 22.7 Å². The molecule has 0 bridgehead atoms. The number of halogens is 1. The Labute approximate surface area is 206 Å². The van der Waals surface area contributed by atoms with Crippen LogP contribution in [0, 0.1) is 5.82 Å². The molecule has 5 N–H and O–H groups in total. The normalized spacial score (nSPS) is 24.2. The number of rotatable bonds is 7. The number of hydrogen-bond donors (Lipinski definition) is 5. The fraction of sp³-hybridized carbons (Fsp3) is 0.259. The van der Waals surface area contributed by atoms with E-state index in [9.17, 15) is 24.8 Å². The highest BCUT2D eigenvalue weighted by molar-refractivity contribution is 5.89. The van der Waals surface area contributed by atoms with Gasteiger partial charge >= 0.3 is 0 Å². The number of aromatic amines is 1. The summed E-state index contributed by atoms with van der Waals surface area (Å²) in [4.78, 5) is 13.9. The van der Waals surface area contributed by atoms with Crippen molar-refractivity contribution in [3.63, 3.8) is 0 Å².